The zero-order chi connectivity index (χ0) is 42.0. The number of rotatable bonds is 11. The first-order valence-electron chi connectivity index (χ1n) is 19.7. The molecule has 16 heteroatoms. The summed E-state index contributed by atoms with van der Waals surface area (Å²) in [4.78, 5) is 71.5. The zero-order valence-corrected chi connectivity index (χ0v) is 35.6. The Morgan fingerprint density at radius 3 is 1.26 bits per heavy atom. The summed E-state index contributed by atoms with van der Waals surface area (Å²) in [5, 5.41) is 6.14. The molecule has 4 amide bonds. The van der Waals surface area contributed by atoms with Gasteiger partial charge >= 0.3 is 12.2 Å². The van der Waals surface area contributed by atoms with Crippen LogP contribution >= 0.6 is 23.2 Å². The van der Waals surface area contributed by atoms with Crippen molar-refractivity contribution in [1.82, 2.24) is 40.4 Å². The number of aromatic nitrogens is 4. The molecule has 4 heterocycles. The van der Waals surface area contributed by atoms with Gasteiger partial charge in [-0.25, -0.2) is 19.6 Å². The fourth-order valence-corrected chi connectivity index (χ4v) is 8.54. The third-order valence-corrected chi connectivity index (χ3v) is 11.8. The molecule has 310 valence electrons. The van der Waals surface area contributed by atoms with Crippen LogP contribution in [0.1, 0.15) is 91.0 Å². The predicted molar refractivity (Wildman–Crippen MR) is 222 cm³/mol. The number of carbonyl (C=O) groups excluding carboxylic acids is 4. The lowest BCUT2D eigenvalue weighted by Crippen LogP contribution is -2.52. The van der Waals surface area contributed by atoms with Crippen molar-refractivity contribution in [2.75, 3.05) is 14.2 Å². The topological polar surface area (TPSA) is 175 Å². The lowest BCUT2D eigenvalue weighted by molar-refractivity contribution is -0.138. The number of likely N-dealkylation sites (tertiary alicyclic amines) is 2. The van der Waals surface area contributed by atoms with Gasteiger partial charge < -0.3 is 39.9 Å². The molecule has 2 saturated heterocycles. The molecule has 2 fully saturated rings. The largest absolute Gasteiger partial charge is 0.453 e. The van der Waals surface area contributed by atoms with Crippen LogP contribution in [0.4, 0.5) is 9.59 Å². The Morgan fingerprint density at radius 2 is 0.948 bits per heavy atom. The maximum Gasteiger partial charge on any atom is 0.407 e. The van der Waals surface area contributed by atoms with Crippen LogP contribution in [0, 0.1) is 11.8 Å². The van der Waals surface area contributed by atoms with Crippen molar-refractivity contribution >= 4 is 47.2 Å². The van der Waals surface area contributed by atoms with Crippen LogP contribution in [-0.2, 0) is 19.1 Å². The number of carbonyl (C=O) groups is 4. The Hall–Kier alpha value is -5.08. The SMILES string of the molecule is COC(=O)N[C@H](C(=O)N1[C@@H](C)CC[C@H]1c1nc(-c2ccc(-c3ccc(-c4nc([C@@H]5CC[C@H](C)N5C(=O)[C@@H](NC(=O)OC)C(C)C)[nH]c4Cl)cc3)cc2)c(Cl)[nH]1)C(C)C. The van der Waals surface area contributed by atoms with E-state index in [-0.39, 0.29) is 47.8 Å². The number of alkyl carbamates (subject to hydrolysis) is 2. The average molecular weight is 836 g/mol. The summed E-state index contributed by atoms with van der Waals surface area (Å²) in [7, 11) is 2.55. The minimum Gasteiger partial charge on any atom is -0.453 e. The average Bonchev–Trinajstić information content (AvgIpc) is 3.99. The lowest BCUT2D eigenvalue weighted by atomic mass is 10.0. The molecule has 2 aliphatic rings. The van der Waals surface area contributed by atoms with Gasteiger partial charge in [-0.05, 0) is 62.5 Å². The van der Waals surface area contributed by atoms with E-state index in [9.17, 15) is 19.2 Å². The first-order chi connectivity index (χ1) is 27.6. The highest BCUT2D eigenvalue weighted by atomic mass is 35.5. The number of hydrogen-bond acceptors (Lipinski definition) is 8. The number of benzene rings is 2. The van der Waals surface area contributed by atoms with Crippen molar-refractivity contribution in [3.63, 3.8) is 0 Å². The molecule has 6 atom stereocenters. The summed E-state index contributed by atoms with van der Waals surface area (Å²) < 4.78 is 9.55. The highest BCUT2D eigenvalue weighted by molar-refractivity contribution is 6.32. The molecule has 2 aromatic heterocycles. The van der Waals surface area contributed by atoms with Crippen molar-refractivity contribution in [3.8, 4) is 33.6 Å². The molecule has 0 unspecified atom stereocenters. The second-order valence-electron chi connectivity index (χ2n) is 15.8. The standard InChI is InChI=1S/C42H52Cl2N8O6/c1-21(2)31(47-41(55)57-7)39(53)51-23(5)9-19-29(51)37-45-33(35(43)49-37)27-15-11-25(12-16-27)26-13-17-28(18-14-26)34-36(44)50-38(46-34)30-20-10-24(6)52(30)40(54)32(22(3)4)48-42(56)58-8/h11-18,21-24,29-32H,9-10,19-20H2,1-8H3,(H,45,49)(H,46,50)(H,47,55)(H,48,56)/t23-,24-,29-,30-,31-,32-/m0/s1. The molecule has 2 aromatic carbocycles. The van der Waals surface area contributed by atoms with E-state index in [4.69, 9.17) is 42.6 Å². The maximum absolute atomic E-state index is 13.8. The van der Waals surface area contributed by atoms with Gasteiger partial charge in [0.25, 0.3) is 0 Å². The van der Waals surface area contributed by atoms with Crippen molar-refractivity contribution in [2.45, 2.75) is 103 Å². The van der Waals surface area contributed by atoms with Crippen molar-refractivity contribution in [1.29, 1.82) is 0 Å². The molecule has 0 saturated carbocycles. The highest BCUT2D eigenvalue weighted by Gasteiger charge is 2.43. The maximum atomic E-state index is 13.8. The van der Waals surface area contributed by atoms with Gasteiger partial charge in [-0.2, -0.15) is 0 Å². The second kappa shape index (κ2) is 17.8. The van der Waals surface area contributed by atoms with Crippen LogP contribution in [0.15, 0.2) is 48.5 Å². The van der Waals surface area contributed by atoms with Crippen LogP contribution in [0.2, 0.25) is 10.3 Å². The number of ether oxygens (including phenoxy) is 2. The minimum atomic E-state index is -0.748. The smallest absolute Gasteiger partial charge is 0.407 e. The molecule has 2 aliphatic heterocycles. The predicted octanol–water partition coefficient (Wildman–Crippen LogP) is 8.31. The number of halogens is 2. The van der Waals surface area contributed by atoms with Gasteiger partial charge in [-0.15, -0.1) is 0 Å². The Morgan fingerprint density at radius 1 is 0.621 bits per heavy atom. The van der Waals surface area contributed by atoms with E-state index in [0.29, 0.717) is 46.2 Å². The molecule has 58 heavy (non-hydrogen) atoms. The van der Waals surface area contributed by atoms with Crippen LogP contribution in [0.5, 0.6) is 0 Å². The van der Waals surface area contributed by atoms with Gasteiger partial charge in [-0.1, -0.05) is 99.4 Å². The molecule has 4 aromatic rings. The monoisotopic (exact) mass is 834 g/mol. The van der Waals surface area contributed by atoms with Crippen LogP contribution < -0.4 is 10.6 Å². The minimum absolute atomic E-state index is 0.0553. The highest BCUT2D eigenvalue weighted by Crippen LogP contribution is 2.40. The molecule has 6 rings (SSSR count). The third kappa shape index (κ3) is 8.68. The molecule has 0 bridgehead atoms. The van der Waals surface area contributed by atoms with E-state index < -0.39 is 24.3 Å². The first-order valence-corrected chi connectivity index (χ1v) is 20.4. The molecule has 14 nitrogen and oxygen atoms in total. The number of imidazole rings is 2. The first kappa shape index (κ1) is 42.5. The lowest BCUT2D eigenvalue weighted by Gasteiger charge is -2.32. The molecular formula is C42H52Cl2N8O6. The molecular weight excluding hydrogens is 783 g/mol. The van der Waals surface area contributed by atoms with Gasteiger partial charge in [0.1, 0.15) is 45.4 Å². The van der Waals surface area contributed by atoms with Crippen molar-refractivity contribution in [2.24, 2.45) is 11.8 Å². The molecule has 4 N–H and O–H groups in total. The van der Waals surface area contributed by atoms with Crippen LogP contribution in [-0.4, -0.2) is 92.1 Å². The number of aromatic amines is 2. The van der Waals surface area contributed by atoms with E-state index in [1.807, 2.05) is 90.1 Å². The van der Waals surface area contributed by atoms with Crippen molar-refractivity contribution in [3.05, 3.63) is 70.5 Å². The van der Waals surface area contributed by atoms with Crippen molar-refractivity contribution < 1.29 is 28.7 Å². The van der Waals surface area contributed by atoms with Crippen LogP contribution in [0.25, 0.3) is 33.6 Å². The van der Waals surface area contributed by atoms with E-state index in [2.05, 4.69) is 20.6 Å². The summed E-state index contributed by atoms with van der Waals surface area (Å²) >= 11 is 13.5. The summed E-state index contributed by atoms with van der Waals surface area (Å²) in [6, 6.07) is 13.6. The molecule has 0 aliphatic carbocycles. The van der Waals surface area contributed by atoms with Gasteiger partial charge in [0, 0.05) is 23.2 Å². The number of amides is 4. The van der Waals surface area contributed by atoms with E-state index in [1.54, 1.807) is 9.80 Å². The van der Waals surface area contributed by atoms with Gasteiger partial charge in [-0.3, -0.25) is 9.59 Å². The Labute approximate surface area is 348 Å². The third-order valence-electron chi connectivity index (χ3n) is 11.3. The number of hydrogen-bond donors (Lipinski definition) is 4. The summed E-state index contributed by atoms with van der Waals surface area (Å²) in [6.07, 6.45) is 1.66. The Balaban J connectivity index is 1.17. The quantitative estimate of drug-likeness (QED) is 0.117. The second-order valence-corrected chi connectivity index (χ2v) is 16.6. The van der Waals surface area contributed by atoms with E-state index in [0.717, 1.165) is 35.1 Å². The molecule has 0 radical (unpaired) electrons. The summed E-state index contributed by atoms with van der Waals surface area (Å²) in [5.41, 5.74) is 4.75. The summed E-state index contributed by atoms with van der Waals surface area (Å²) in [6.45, 7) is 11.5. The number of H-pyrrole nitrogens is 2. The fraction of sp³-hybridized carbons (Fsp3) is 0.476. The number of methoxy groups -OCH3 is 2. The van der Waals surface area contributed by atoms with E-state index >= 15 is 0 Å². The van der Waals surface area contributed by atoms with E-state index in [1.165, 1.54) is 14.2 Å². The Kier molecular flexibility index (Phi) is 13.1. The van der Waals surface area contributed by atoms with Gasteiger partial charge in [0.2, 0.25) is 11.8 Å². The summed E-state index contributed by atoms with van der Waals surface area (Å²) in [5.74, 6) is 0.497. The number of nitrogens with zero attached hydrogens (tertiary/aromatic N) is 4. The van der Waals surface area contributed by atoms with Crippen LogP contribution in [0.3, 0.4) is 0 Å². The number of nitrogens with one attached hydrogen (secondary N) is 4. The molecule has 0 spiro atoms. The van der Waals surface area contributed by atoms with Gasteiger partial charge in [0.15, 0.2) is 0 Å². The Bertz CT molecular complexity index is 1970. The fourth-order valence-electron chi connectivity index (χ4n) is 8.05. The normalized spacial score (nSPS) is 20.3. The zero-order valence-electron chi connectivity index (χ0n) is 34.1. The van der Waals surface area contributed by atoms with Gasteiger partial charge in [0.05, 0.1) is 26.3 Å².